The lowest BCUT2D eigenvalue weighted by Crippen LogP contribution is -2.30. The number of nitrogens with zero attached hydrogens (tertiary/aromatic N) is 3. The Morgan fingerprint density at radius 3 is 2.69 bits per heavy atom. The summed E-state index contributed by atoms with van der Waals surface area (Å²) in [6, 6.07) is 9.08. The van der Waals surface area contributed by atoms with Gasteiger partial charge in [0, 0.05) is 24.3 Å². The molecule has 1 aromatic carbocycles. The number of aryl methyl sites for hydroxylation is 3. The van der Waals surface area contributed by atoms with Crippen LogP contribution in [0.4, 0.5) is 5.69 Å². The van der Waals surface area contributed by atoms with Crippen molar-refractivity contribution in [2.75, 3.05) is 5.32 Å². The minimum atomic E-state index is -0.937. The van der Waals surface area contributed by atoms with E-state index in [1.165, 1.54) is 13.1 Å². The fourth-order valence-corrected chi connectivity index (χ4v) is 2.65. The van der Waals surface area contributed by atoms with Crippen molar-refractivity contribution >= 4 is 28.6 Å². The maximum absolute atomic E-state index is 12.4. The number of amides is 1. The molecule has 0 aliphatic carbocycles. The maximum atomic E-state index is 12.4. The van der Waals surface area contributed by atoms with E-state index in [1.807, 2.05) is 32.0 Å². The summed E-state index contributed by atoms with van der Waals surface area (Å²) in [4.78, 5) is 28.9. The molecule has 134 valence electrons. The van der Waals surface area contributed by atoms with Gasteiger partial charge in [-0.15, -0.1) is 0 Å². The number of fused-ring (bicyclic) bond motifs is 1. The summed E-state index contributed by atoms with van der Waals surface area (Å²) in [5, 5.41) is 7.81. The summed E-state index contributed by atoms with van der Waals surface area (Å²) in [6.45, 7) is 5.27. The topological polar surface area (TPSA) is 86.1 Å². The zero-order chi connectivity index (χ0) is 18.8. The molecule has 26 heavy (non-hydrogen) atoms. The molecule has 0 saturated heterocycles. The van der Waals surface area contributed by atoms with Crippen molar-refractivity contribution in [2.45, 2.75) is 26.9 Å². The van der Waals surface area contributed by atoms with Crippen LogP contribution in [0.5, 0.6) is 0 Å². The van der Waals surface area contributed by atoms with E-state index in [-0.39, 0.29) is 11.5 Å². The molecule has 7 heteroatoms. The quantitative estimate of drug-likeness (QED) is 0.730. The molecule has 1 unspecified atom stereocenters. The monoisotopic (exact) mass is 352 g/mol. The van der Waals surface area contributed by atoms with Crippen molar-refractivity contribution in [2.24, 2.45) is 7.05 Å². The highest BCUT2D eigenvalue weighted by atomic mass is 16.5. The Kier molecular flexibility index (Phi) is 4.71. The number of rotatable bonds is 4. The Morgan fingerprint density at radius 2 is 1.96 bits per heavy atom. The van der Waals surface area contributed by atoms with Crippen LogP contribution < -0.4 is 5.32 Å². The largest absolute Gasteiger partial charge is 0.449 e. The number of benzene rings is 1. The second-order valence-corrected chi connectivity index (χ2v) is 6.16. The zero-order valence-electron chi connectivity index (χ0n) is 15.1. The van der Waals surface area contributed by atoms with Gasteiger partial charge in [-0.3, -0.25) is 9.48 Å². The highest BCUT2D eigenvalue weighted by Gasteiger charge is 2.20. The summed E-state index contributed by atoms with van der Waals surface area (Å²) in [5.41, 5.74) is 3.36. The van der Waals surface area contributed by atoms with Gasteiger partial charge in [0.05, 0.1) is 11.3 Å². The molecule has 1 N–H and O–H groups in total. The maximum Gasteiger partial charge on any atom is 0.340 e. The number of hydrogen-bond acceptors (Lipinski definition) is 5. The Labute approximate surface area is 151 Å². The molecule has 0 aliphatic rings. The third-order valence-electron chi connectivity index (χ3n) is 4.15. The van der Waals surface area contributed by atoms with Gasteiger partial charge in [0.2, 0.25) is 0 Å². The number of ether oxygens (including phenoxy) is 1. The third-order valence-corrected chi connectivity index (χ3v) is 4.15. The smallest absolute Gasteiger partial charge is 0.340 e. The van der Waals surface area contributed by atoms with Crippen LogP contribution in [-0.2, 0) is 16.6 Å². The van der Waals surface area contributed by atoms with Gasteiger partial charge in [0.25, 0.3) is 5.91 Å². The van der Waals surface area contributed by atoms with Gasteiger partial charge in [-0.05, 0) is 38.5 Å². The van der Waals surface area contributed by atoms with E-state index in [1.54, 1.807) is 23.9 Å². The normalized spacial score (nSPS) is 12.0. The lowest BCUT2D eigenvalue weighted by molar-refractivity contribution is -0.123. The van der Waals surface area contributed by atoms with E-state index >= 15 is 0 Å². The number of esters is 1. The zero-order valence-corrected chi connectivity index (χ0v) is 15.1. The van der Waals surface area contributed by atoms with Crippen molar-refractivity contribution in [3.8, 4) is 0 Å². The molecule has 0 saturated carbocycles. The second-order valence-electron chi connectivity index (χ2n) is 6.16. The van der Waals surface area contributed by atoms with Crippen LogP contribution in [-0.4, -0.2) is 32.7 Å². The van der Waals surface area contributed by atoms with Crippen molar-refractivity contribution in [3.05, 3.63) is 53.3 Å². The first-order valence-corrected chi connectivity index (χ1v) is 8.23. The van der Waals surface area contributed by atoms with Crippen LogP contribution in [0.2, 0.25) is 0 Å². The Bertz CT molecular complexity index is 994. The summed E-state index contributed by atoms with van der Waals surface area (Å²) in [5.74, 6) is -0.991. The minimum Gasteiger partial charge on any atom is -0.449 e. The minimum absolute atomic E-state index is 0.282. The van der Waals surface area contributed by atoms with E-state index < -0.39 is 12.1 Å². The molecule has 0 fully saturated rings. The van der Waals surface area contributed by atoms with E-state index in [4.69, 9.17) is 4.74 Å². The van der Waals surface area contributed by atoms with Crippen LogP contribution in [0.1, 0.15) is 28.5 Å². The molecular formula is C19H20N4O3. The fraction of sp³-hybridized carbons (Fsp3) is 0.263. The number of hydrogen-bond donors (Lipinski definition) is 1. The number of para-hydroxylation sites is 1. The summed E-state index contributed by atoms with van der Waals surface area (Å²) in [7, 11) is 1.79. The highest BCUT2D eigenvalue weighted by Crippen LogP contribution is 2.18. The lowest BCUT2D eigenvalue weighted by Gasteiger charge is -2.14. The number of carbonyl (C=O) groups is 2. The molecule has 0 bridgehead atoms. The van der Waals surface area contributed by atoms with E-state index in [0.717, 1.165) is 16.6 Å². The van der Waals surface area contributed by atoms with Gasteiger partial charge < -0.3 is 10.1 Å². The number of nitrogens with one attached hydrogen (secondary N) is 1. The summed E-state index contributed by atoms with van der Waals surface area (Å²) < 4.78 is 6.94. The lowest BCUT2D eigenvalue weighted by atomic mass is 10.2. The first kappa shape index (κ1) is 17.6. The van der Waals surface area contributed by atoms with Gasteiger partial charge in [0.15, 0.2) is 11.8 Å². The predicted octanol–water partition coefficient (Wildman–Crippen LogP) is 2.77. The first-order chi connectivity index (χ1) is 12.4. The van der Waals surface area contributed by atoms with Gasteiger partial charge in [-0.25, -0.2) is 9.78 Å². The summed E-state index contributed by atoms with van der Waals surface area (Å²) >= 11 is 0. The molecule has 0 radical (unpaired) electrons. The van der Waals surface area contributed by atoms with Gasteiger partial charge in [-0.1, -0.05) is 18.2 Å². The molecule has 7 nitrogen and oxygen atoms in total. The molecule has 0 aliphatic heterocycles. The molecule has 3 rings (SSSR count). The molecule has 3 aromatic rings. The van der Waals surface area contributed by atoms with Crippen LogP contribution in [0.15, 0.2) is 36.5 Å². The Balaban J connectivity index is 1.72. The second kappa shape index (κ2) is 6.95. The SMILES string of the molecule is Cc1ccccc1NC(=O)C(C)OC(=O)c1cnc2c(c1)c(C)nn2C. The average molecular weight is 352 g/mol. The van der Waals surface area contributed by atoms with E-state index in [9.17, 15) is 9.59 Å². The standard InChI is InChI=1S/C19H20N4O3/c1-11-7-5-6-8-16(11)21-18(24)13(3)26-19(25)14-9-15-12(2)22-23(4)17(15)20-10-14/h5-10,13H,1-4H3,(H,21,24). The fourth-order valence-electron chi connectivity index (χ4n) is 2.65. The number of aromatic nitrogens is 3. The third kappa shape index (κ3) is 3.42. The number of pyridine rings is 1. The van der Waals surface area contributed by atoms with Crippen LogP contribution in [0.3, 0.4) is 0 Å². The van der Waals surface area contributed by atoms with Gasteiger partial charge in [-0.2, -0.15) is 5.10 Å². The number of anilines is 1. The molecule has 1 amide bonds. The molecule has 1 atom stereocenters. The van der Waals surface area contributed by atoms with Crippen LogP contribution in [0.25, 0.3) is 11.0 Å². The highest BCUT2D eigenvalue weighted by molar-refractivity contribution is 5.98. The predicted molar refractivity (Wildman–Crippen MR) is 97.9 cm³/mol. The van der Waals surface area contributed by atoms with E-state index in [2.05, 4.69) is 15.4 Å². The molecule has 2 aromatic heterocycles. The van der Waals surface area contributed by atoms with Crippen molar-refractivity contribution in [1.29, 1.82) is 0 Å². The van der Waals surface area contributed by atoms with E-state index in [0.29, 0.717) is 11.3 Å². The van der Waals surface area contributed by atoms with Crippen LogP contribution >= 0.6 is 0 Å². The van der Waals surface area contributed by atoms with Crippen molar-refractivity contribution in [3.63, 3.8) is 0 Å². The first-order valence-electron chi connectivity index (χ1n) is 8.23. The summed E-state index contributed by atoms with van der Waals surface area (Å²) in [6.07, 6.45) is 0.491. The molecule has 2 heterocycles. The number of carbonyl (C=O) groups excluding carboxylic acids is 2. The van der Waals surface area contributed by atoms with Gasteiger partial charge in [0.1, 0.15) is 0 Å². The Hall–Kier alpha value is -3.22. The Morgan fingerprint density at radius 1 is 1.23 bits per heavy atom. The molecule has 0 spiro atoms. The molecular weight excluding hydrogens is 332 g/mol. The van der Waals surface area contributed by atoms with Crippen molar-refractivity contribution in [1.82, 2.24) is 14.8 Å². The van der Waals surface area contributed by atoms with Crippen LogP contribution in [0, 0.1) is 13.8 Å². The van der Waals surface area contributed by atoms with Gasteiger partial charge >= 0.3 is 5.97 Å². The van der Waals surface area contributed by atoms with Crippen molar-refractivity contribution < 1.29 is 14.3 Å². The average Bonchev–Trinajstić information content (AvgIpc) is 2.90.